The number of nitrogens with zero attached hydrogens (tertiary/aromatic N) is 4. The first-order chi connectivity index (χ1) is 8.28. The summed E-state index contributed by atoms with van der Waals surface area (Å²) in [6, 6.07) is 4.08. The van der Waals surface area contributed by atoms with Crippen LogP contribution >= 0.6 is 0 Å². The molecule has 0 atom stereocenters. The Balaban J connectivity index is 1.98. The standard InChI is InChI=1S/C11H15N5O/c1-3-12-6-9-4-5-10(13-7-9)17-11-14-8-16(2)15-11/h4-5,7-8,12H,3,6H2,1-2H3. The number of ether oxygens (including phenoxy) is 1. The van der Waals surface area contributed by atoms with Crippen molar-refractivity contribution in [2.24, 2.45) is 7.05 Å². The number of aromatic nitrogens is 4. The van der Waals surface area contributed by atoms with Crippen LogP contribution in [0.4, 0.5) is 0 Å². The van der Waals surface area contributed by atoms with Crippen molar-refractivity contribution in [2.45, 2.75) is 13.5 Å². The van der Waals surface area contributed by atoms with Gasteiger partial charge in [0.2, 0.25) is 5.88 Å². The van der Waals surface area contributed by atoms with Crippen molar-refractivity contribution in [2.75, 3.05) is 6.54 Å². The van der Waals surface area contributed by atoms with E-state index in [1.807, 2.05) is 12.1 Å². The van der Waals surface area contributed by atoms with Crippen molar-refractivity contribution in [1.82, 2.24) is 25.1 Å². The summed E-state index contributed by atoms with van der Waals surface area (Å²) in [5.41, 5.74) is 1.12. The molecule has 0 aliphatic rings. The molecule has 0 saturated carbocycles. The molecule has 0 aliphatic carbocycles. The molecule has 2 aromatic rings. The largest absolute Gasteiger partial charge is 0.404 e. The van der Waals surface area contributed by atoms with Gasteiger partial charge in [-0.1, -0.05) is 13.0 Å². The Morgan fingerprint density at radius 1 is 1.35 bits per heavy atom. The Morgan fingerprint density at radius 2 is 2.24 bits per heavy atom. The lowest BCUT2D eigenvalue weighted by atomic mass is 10.3. The fourth-order valence-corrected chi connectivity index (χ4v) is 1.31. The molecule has 0 saturated heterocycles. The molecule has 0 aromatic carbocycles. The van der Waals surface area contributed by atoms with Crippen LogP contribution < -0.4 is 10.1 Å². The minimum atomic E-state index is 0.305. The van der Waals surface area contributed by atoms with Gasteiger partial charge in [0.05, 0.1) is 0 Å². The molecule has 90 valence electrons. The van der Waals surface area contributed by atoms with Crippen LogP contribution in [0.1, 0.15) is 12.5 Å². The second-order valence-corrected chi connectivity index (χ2v) is 3.59. The summed E-state index contributed by atoms with van der Waals surface area (Å²) in [6.45, 7) is 3.82. The van der Waals surface area contributed by atoms with Gasteiger partial charge in [-0.05, 0) is 12.1 Å². The average molecular weight is 233 g/mol. The second kappa shape index (κ2) is 5.40. The monoisotopic (exact) mass is 233 g/mol. The highest BCUT2D eigenvalue weighted by Crippen LogP contribution is 2.14. The van der Waals surface area contributed by atoms with E-state index in [-0.39, 0.29) is 0 Å². The smallest absolute Gasteiger partial charge is 0.342 e. The van der Waals surface area contributed by atoms with Crippen LogP contribution in [-0.4, -0.2) is 26.3 Å². The molecule has 6 nitrogen and oxygen atoms in total. The summed E-state index contributed by atoms with van der Waals surface area (Å²) >= 11 is 0. The van der Waals surface area contributed by atoms with Crippen LogP contribution in [0.15, 0.2) is 24.7 Å². The van der Waals surface area contributed by atoms with Gasteiger partial charge in [-0.2, -0.15) is 4.98 Å². The van der Waals surface area contributed by atoms with Gasteiger partial charge in [-0.3, -0.25) is 4.68 Å². The topological polar surface area (TPSA) is 64.9 Å². The average Bonchev–Trinajstić information content (AvgIpc) is 2.74. The van der Waals surface area contributed by atoms with E-state index in [2.05, 4.69) is 27.3 Å². The maximum absolute atomic E-state index is 5.38. The lowest BCUT2D eigenvalue weighted by molar-refractivity contribution is 0.422. The van der Waals surface area contributed by atoms with Crippen molar-refractivity contribution in [1.29, 1.82) is 0 Å². The molecule has 17 heavy (non-hydrogen) atoms. The molecule has 2 rings (SSSR count). The summed E-state index contributed by atoms with van der Waals surface area (Å²) in [4.78, 5) is 8.15. The van der Waals surface area contributed by atoms with Crippen molar-refractivity contribution in [3.8, 4) is 11.9 Å². The van der Waals surface area contributed by atoms with Gasteiger partial charge in [0.15, 0.2) is 0 Å². The van der Waals surface area contributed by atoms with Crippen molar-refractivity contribution in [3.05, 3.63) is 30.2 Å². The van der Waals surface area contributed by atoms with Gasteiger partial charge in [-0.15, -0.1) is 5.10 Å². The number of pyridine rings is 1. The Kier molecular flexibility index (Phi) is 3.66. The highest BCUT2D eigenvalue weighted by atomic mass is 16.5. The fourth-order valence-electron chi connectivity index (χ4n) is 1.31. The number of hydrogen-bond donors (Lipinski definition) is 1. The number of nitrogens with one attached hydrogen (secondary N) is 1. The molecule has 0 radical (unpaired) electrons. The van der Waals surface area contributed by atoms with Gasteiger partial charge in [0.1, 0.15) is 6.33 Å². The molecule has 6 heteroatoms. The summed E-state index contributed by atoms with van der Waals surface area (Å²) < 4.78 is 6.96. The maximum atomic E-state index is 5.38. The highest BCUT2D eigenvalue weighted by molar-refractivity contribution is 5.19. The van der Waals surface area contributed by atoms with E-state index < -0.39 is 0 Å². The number of rotatable bonds is 5. The molecule has 2 aromatic heterocycles. The van der Waals surface area contributed by atoms with Gasteiger partial charge >= 0.3 is 6.01 Å². The lowest BCUT2D eigenvalue weighted by Gasteiger charge is -2.03. The summed E-state index contributed by atoms with van der Waals surface area (Å²) in [7, 11) is 1.78. The van der Waals surface area contributed by atoms with Gasteiger partial charge < -0.3 is 10.1 Å². The van der Waals surface area contributed by atoms with Crippen LogP contribution in [-0.2, 0) is 13.6 Å². The predicted molar refractivity (Wildman–Crippen MR) is 62.7 cm³/mol. The van der Waals surface area contributed by atoms with Crippen LogP contribution in [0.2, 0.25) is 0 Å². The van der Waals surface area contributed by atoms with Crippen molar-refractivity contribution >= 4 is 0 Å². The molecule has 0 fully saturated rings. The van der Waals surface area contributed by atoms with Crippen LogP contribution in [0.25, 0.3) is 0 Å². The van der Waals surface area contributed by atoms with E-state index in [4.69, 9.17) is 4.74 Å². The molecule has 2 heterocycles. The van der Waals surface area contributed by atoms with E-state index in [9.17, 15) is 0 Å². The van der Waals surface area contributed by atoms with E-state index in [1.165, 1.54) is 0 Å². The van der Waals surface area contributed by atoms with Crippen LogP contribution in [0.5, 0.6) is 11.9 Å². The van der Waals surface area contributed by atoms with E-state index in [1.54, 1.807) is 24.3 Å². The zero-order chi connectivity index (χ0) is 12.1. The third-order valence-corrected chi connectivity index (χ3v) is 2.15. The van der Waals surface area contributed by atoms with Gasteiger partial charge in [0.25, 0.3) is 0 Å². The van der Waals surface area contributed by atoms with Gasteiger partial charge in [-0.25, -0.2) is 4.98 Å². The van der Waals surface area contributed by atoms with Crippen molar-refractivity contribution in [3.63, 3.8) is 0 Å². The Hall–Kier alpha value is -1.95. The van der Waals surface area contributed by atoms with E-state index in [0.29, 0.717) is 11.9 Å². The van der Waals surface area contributed by atoms with Crippen LogP contribution in [0, 0.1) is 0 Å². The molecular weight excluding hydrogens is 218 g/mol. The summed E-state index contributed by atoms with van der Waals surface area (Å²) in [5.74, 6) is 0.497. The maximum Gasteiger partial charge on any atom is 0.342 e. The number of aryl methyl sites for hydroxylation is 1. The van der Waals surface area contributed by atoms with E-state index >= 15 is 0 Å². The minimum Gasteiger partial charge on any atom is -0.404 e. The van der Waals surface area contributed by atoms with Crippen LogP contribution in [0.3, 0.4) is 0 Å². The molecule has 0 spiro atoms. The Morgan fingerprint density at radius 3 is 2.82 bits per heavy atom. The summed E-state index contributed by atoms with van der Waals surface area (Å²) in [5, 5.41) is 7.24. The molecule has 0 amide bonds. The SMILES string of the molecule is CCNCc1ccc(Oc2ncn(C)n2)nc1. The summed E-state index contributed by atoms with van der Waals surface area (Å²) in [6.07, 6.45) is 3.36. The highest BCUT2D eigenvalue weighted by Gasteiger charge is 2.02. The zero-order valence-electron chi connectivity index (χ0n) is 9.92. The lowest BCUT2D eigenvalue weighted by Crippen LogP contribution is -2.11. The minimum absolute atomic E-state index is 0.305. The molecule has 0 bridgehead atoms. The van der Waals surface area contributed by atoms with E-state index in [0.717, 1.165) is 18.7 Å². The predicted octanol–water partition coefficient (Wildman–Crippen LogP) is 1.11. The molecule has 0 unspecified atom stereocenters. The molecule has 1 N–H and O–H groups in total. The molecular formula is C11H15N5O. The fraction of sp³-hybridized carbons (Fsp3) is 0.364. The first-order valence-corrected chi connectivity index (χ1v) is 5.47. The first-order valence-electron chi connectivity index (χ1n) is 5.47. The van der Waals surface area contributed by atoms with Gasteiger partial charge in [0, 0.05) is 25.9 Å². The third-order valence-electron chi connectivity index (χ3n) is 2.15. The Labute approximate surface area is 99.7 Å². The number of hydrogen-bond acceptors (Lipinski definition) is 5. The first kappa shape index (κ1) is 11.5. The molecule has 0 aliphatic heterocycles. The Bertz CT molecular complexity index is 465. The third kappa shape index (κ3) is 3.25. The van der Waals surface area contributed by atoms with Crippen molar-refractivity contribution < 1.29 is 4.74 Å². The normalized spacial score (nSPS) is 10.5. The second-order valence-electron chi connectivity index (χ2n) is 3.59. The zero-order valence-corrected chi connectivity index (χ0v) is 9.92. The quantitative estimate of drug-likeness (QED) is 0.838.